The molecule has 0 radical (unpaired) electrons. The third kappa shape index (κ3) is 61.7. The summed E-state index contributed by atoms with van der Waals surface area (Å²) in [4.78, 5) is 24.6. The van der Waals surface area contributed by atoms with Gasteiger partial charge in [0, 0.05) is 12.8 Å². The quantitative estimate of drug-likeness (QED) is 0.0320. The Morgan fingerprint density at radius 2 is 0.613 bits per heavy atom. The molecular weight excluding hydrogens is 923 g/mol. The summed E-state index contributed by atoms with van der Waals surface area (Å²) in [6.45, 7) is 4.94. The van der Waals surface area contributed by atoms with Gasteiger partial charge in [-0.15, -0.1) is 0 Å². The lowest BCUT2D eigenvalue weighted by Crippen LogP contribution is -2.45. The normalized spacial score (nSPS) is 12.5. The minimum absolute atomic E-state index is 0.0217. The number of carbonyl (C=O) groups is 2. The van der Waals surface area contributed by atoms with Crippen LogP contribution in [0.3, 0.4) is 0 Å². The molecule has 0 aromatic carbocycles. The Labute approximate surface area is 469 Å². The van der Waals surface area contributed by atoms with Crippen LogP contribution < -0.4 is 5.32 Å². The van der Waals surface area contributed by atoms with Crippen LogP contribution in [-0.2, 0) is 14.3 Å². The number of nitrogens with one attached hydrogen (secondary N) is 1. The summed E-state index contributed by atoms with van der Waals surface area (Å²) >= 11 is 0. The zero-order valence-electron chi connectivity index (χ0n) is 51.1. The summed E-state index contributed by atoms with van der Waals surface area (Å²) in [7, 11) is 0. The van der Waals surface area contributed by atoms with Crippen LogP contribution in [0.5, 0.6) is 0 Å². The van der Waals surface area contributed by atoms with E-state index in [0.29, 0.717) is 19.4 Å². The van der Waals surface area contributed by atoms with Crippen molar-refractivity contribution >= 4 is 11.9 Å². The van der Waals surface area contributed by atoms with Gasteiger partial charge in [-0.25, -0.2) is 0 Å². The fourth-order valence-electron chi connectivity index (χ4n) is 11.1. The first-order valence-corrected chi connectivity index (χ1v) is 34.5. The predicted octanol–water partition coefficient (Wildman–Crippen LogP) is 22.0. The summed E-state index contributed by atoms with van der Waals surface area (Å²) in [6.07, 6.45) is 80.0. The first-order valence-electron chi connectivity index (χ1n) is 34.5. The van der Waals surface area contributed by atoms with Gasteiger partial charge < -0.3 is 20.3 Å². The van der Waals surface area contributed by atoms with Crippen molar-refractivity contribution in [3.63, 3.8) is 0 Å². The maximum Gasteiger partial charge on any atom is 0.305 e. The van der Waals surface area contributed by atoms with Gasteiger partial charge in [-0.2, -0.15) is 0 Å². The molecule has 0 aromatic rings. The Morgan fingerprint density at radius 1 is 0.360 bits per heavy atom. The van der Waals surface area contributed by atoms with Gasteiger partial charge in [-0.1, -0.05) is 360 Å². The SMILES string of the molecule is CCCCCCCCCCCCCC/C=C/C(O)C(CO)NC(=O)CCCCCCCCCCCCCCCCCCCCCCCCCCCOC(=O)CCCCCCCCCCCCCCCCCCCCC. The average molecular weight is 1060 g/mol. The molecule has 446 valence electrons. The molecule has 0 fully saturated rings. The van der Waals surface area contributed by atoms with Gasteiger partial charge in [0.05, 0.1) is 25.4 Å². The Balaban J connectivity index is 3.34. The minimum atomic E-state index is -0.842. The summed E-state index contributed by atoms with van der Waals surface area (Å²) in [5.74, 6) is -0.0422. The third-order valence-electron chi connectivity index (χ3n) is 16.3. The van der Waals surface area contributed by atoms with Crippen molar-refractivity contribution in [1.29, 1.82) is 0 Å². The lowest BCUT2D eigenvalue weighted by atomic mass is 10.0. The highest BCUT2D eigenvalue weighted by Crippen LogP contribution is 2.19. The highest BCUT2D eigenvalue weighted by atomic mass is 16.5. The van der Waals surface area contributed by atoms with Crippen LogP contribution in [0.15, 0.2) is 12.2 Å². The number of esters is 1. The van der Waals surface area contributed by atoms with Crippen molar-refractivity contribution in [3.05, 3.63) is 12.2 Å². The van der Waals surface area contributed by atoms with Crippen molar-refractivity contribution in [2.75, 3.05) is 13.2 Å². The molecule has 1 amide bonds. The van der Waals surface area contributed by atoms with E-state index < -0.39 is 12.1 Å². The molecule has 6 nitrogen and oxygen atoms in total. The second-order valence-corrected chi connectivity index (χ2v) is 23.9. The molecule has 0 bridgehead atoms. The van der Waals surface area contributed by atoms with Gasteiger partial charge in [0.1, 0.15) is 0 Å². The molecule has 3 N–H and O–H groups in total. The minimum Gasteiger partial charge on any atom is -0.466 e. The van der Waals surface area contributed by atoms with Gasteiger partial charge in [-0.05, 0) is 32.1 Å². The molecule has 0 heterocycles. The molecule has 0 rings (SSSR count). The lowest BCUT2D eigenvalue weighted by Gasteiger charge is -2.20. The molecule has 0 aliphatic heterocycles. The molecule has 2 unspecified atom stereocenters. The first-order chi connectivity index (χ1) is 37.0. The van der Waals surface area contributed by atoms with E-state index in [2.05, 4.69) is 19.2 Å². The first kappa shape index (κ1) is 73.6. The van der Waals surface area contributed by atoms with E-state index in [-0.39, 0.29) is 18.5 Å². The number of hydrogen-bond acceptors (Lipinski definition) is 5. The van der Waals surface area contributed by atoms with Crippen molar-refractivity contribution in [2.24, 2.45) is 0 Å². The maximum absolute atomic E-state index is 12.5. The van der Waals surface area contributed by atoms with Gasteiger partial charge in [0.25, 0.3) is 0 Å². The molecule has 0 saturated carbocycles. The van der Waals surface area contributed by atoms with Crippen LogP contribution in [0, 0.1) is 0 Å². The summed E-state index contributed by atoms with van der Waals surface area (Å²) in [5.41, 5.74) is 0. The molecule has 2 atom stereocenters. The second-order valence-electron chi connectivity index (χ2n) is 23.9. The number of amides is 1. The van der Waals surface area contributed by atoms with Crippen molar-refractivity contribution < 1.29 is 24.5 Å². The van der Waals surface area contributed by atoms with Crippen LogP contribution in [-0.4, -0.2) is 47.4 Å². The van der Waals surface area contributed by atoms with Gasteiger partial charge in [-0.3, -0.25) is 9.59 Å². The topological polar surface area (TPSA) is 95.9 Å². The van der Waals surface area contributed by atoms with Crippen LogP contribution in [0.2, 0.25) is 0 Å². The third-order valence-corrected chi connectivity index (χ3v) is 16.3. The van der Waals surface area contributed by atoms with Gasteiger partial charge >= 0.3 is 5.97 Å². The zero-order valence-corrected chi connectivity index (χ0v) is 51.1. The smallest absolute Gasteiger partial charge is 0.305 e. The number of carbonyl (C=O) groups excluding carboxylic acids is 2. The highest BCUT2D eigenvalue weighted by Gasteiger charge is 2.18. The monoisotopic (exact) mass is 1060 g/mol. The van der Waals surface area contributed by atoms with Crippen LogP contribution >= 0.6 is 0 Å². The summed E-state index contributed by atoms with van der Waals surface area (Å²) < 4.78 is 5.51. The Morgan fingerprint density at radius 3 is 0.907 bits per heavy atom. The molecular formula is C69H135NO5. The van der Waals surface area contributed by atoms with E-state index in [4.69, 9.17) is 4.74 Å². The molecule has 6 heteroatoms. The maximum atomic E-state index is 12.5. The number of unbranched alkanes of at least 4 members (excludes halogenated alkanes) is 54. The largest absolute Gasteiger partial charge is 0.466 e. The fourth-order valence-corrected chi connectivity index (χ4v) is 11.1. The van der Waals surface area contributed by atoms with Crippen molar-refractivity contribution in [2.45, 2.75) is 405 Å². The molecule has 0 saturated heterocycles. The molecule has 0 aromatic heterocycles. The highest BCUT2D eigenvalue weighted by molar-refractivity contribution is 5.76. The van der Waals surface area contributed by atoms with E-state index in [1.165, 1.54) is 327 Å². The van der Waals surface area contributed by atoms with Crippen molar-refractivity contribution in [1.82, 2.24) is 5.32 Å². The molecule has 75 heavy (non-hydrogen) atoms. The number of aliphatic hydroxyl groups excluding tert-OH is 2. The zero-order chi connectivity index (χ0) is 54.3. The molecule has 0 aliphatic carbocycles. The number of allylic oxidation sites excluding steroid dienone is 1. The Kier molecular flexibility index (Phi) is 63.9. The van der Waals surface area contributed by atoms with Gasteiger partial charge in [0.2, 0.25) is 5.91 Å². The number of aliphatic hydroxyl groups is 2. The molecule has 0 spiro atoms. The van der Waals surface area contributed by atoms with Crippen LogP contribution in [0.1, 0.15) is 393 Å². The van der Waals surface area contributed by atoms with E-state index in [1.54, 1.807) is 6.08 Å². The predicted molar refractivity (Wildman–Crippen MR) is 329 cm³/mol. The number of hydrogen-bond donors (Lipinski definition) is 3. The second kappa shape index (κ2) is 65.1. The van der Waals surface area contributed by atoms with E-state index in [1.807, 2.05) is 6.08 Å². The summed E-state index contributed by atoms with van der Waals surface area (Å²) in [5, 5.41) is 23.1. The number of ether oxygens (including phenoxy) is 1. The van der Waals surface area contributed by atoms with Crippen LogP contribution in [0.4, 0.5) is 0 Å². The van der Waals surface area contributed by atoms with Gasteiger partial charge in [0.15, 0.2) is 0 Å². The molecule has 0 aliphatic rings. The van der Waals surface area contributed by atoms with Crippen LogP contribution in [0.25, 0.3) is 0 Å². The van der Waals surface area contributed by atoms with E-state index in [9.17, 15) is 19.8 Å². The Hall–Kier alpha value is -1.40. The van der Waals surface area contributed by atoms with E-state index >= 15 is 0 Å². The summed E-state index contributed by atoms with van der Waals surface area (Å²) in [6, 6.07) is -0.625. The number of rotatable bonds is 65. The standard InChI is InChI=1S/C69H135NO5/c1-3-5-7-9-11-13-15-17-19-20-28-32-35-39-43-47-51-55-59-63-69(74)75-64-60-56-52-48-44-40-36-33-30-27-25-23-21-22-24-26-29-31-34-38-42-46-50-54-58-62-68(73)70-66(65-71)67(72)61-57-53-49-45-41-37-18-16-14-12-10-8-6-4-2/h57,61,66-67,71-72H,3-56,58-60,62-65H2,1-2H3,(H,70,73)/b61-57+. The van der Waals surface area contributed by atoms with E-state index in [0.717, 1.165) is 38.5 Å². The lowest BCUT2D eigenvalue weighted by molar-refractivity contribution is -0.143. The average Bonchev–Trinajstić information content (AvgIpc) is 3.41. The fraction of sp³-hybridized carbons (Fsp3) is 0.942. The van der Waals surface area contributed by atoms with Crippen molar-refractivity contribution in [3.8, 4) is 0 Å². The Bertz CT molecular complexity index is 1130.